The Morgan fingerprint density at radius 1 is 1.15 bits per heavy atom. The van der Waals surface area contributed by atoms with E-state index in [0.29, 0.717) is 43.3 Å². The molecule has 0 radical (unpaired) electrons. The molecule has 0 bridgehead atoms. The lowest BCUT2D eigenvalue weighted by molar-refractivity contribution is 0.0746. The molecule has 0 saturated carbocycles. The SMILES string of the molecule is O=C(c1ccc(OC2CCSC2)nc1)N1CCN(c2ccccc2F)CC1. The maximum Gasteiger partial charge on any atom is 0.255 e. The van der Waals surface area contributed by atoms with Crippen LogP contribution in [0.1, 0.15) is 16.8 Å². The minimum atomic E-state index is -0.224. The zero-order valence-electron chi connectivity index (χ0n) is 15.0. The molecule has 1 aromatic carbocycles. The third kappa shape index (κ3) is 4.18. The normalized spacial score (nSPS) is 20.0. The number of carbonyl (C=O) groups is 1. The molecule has 2 aliphatic rings. The van der Waals surface area contributed by atoms with E-state index in [1.165, 1.54) is 6.07 Å². The van der Waals surface area contributed by atoms with Crippen LogP contribution in [0.2, 0.25) is 0 Å². The third-order valence-corrected chi connectivity index (χ3v) is 6.05. The zero-order valence-corrected chi connectivity index (χ0v) is 15.8. The van der Waals surface area contributed by atoms with Crippen LogP contribution in [0.15, 0.2) is 42.6 Å². The van der Waals surface area contributed by atoms with Crippen molar-refractivity contribution in [1.82, 2.24) is 9.88 Å². The summed E-state index contributed by atoms with van der Waals surface area (Å²) >= 11 is 1.89. The molecule has 0 N–H and O–H groups in total. The third-order valence-electron chi connectivity index (χ3n) is 4.92. The van der Waals surface area contributed by atoms with Gasteiger partial charge in [-0.3, -0.25) is 4.79 Å². The Morgan fingerprint density at radius 2 is 1.96 bits per heavy atom. The number of anilines is 1. The maximum absolute atomic E-state index is 13.9. The number of piperazine rings is 1. The van der Waals surface area contributed by atoms with E-state index in [2.05, 4.69) is 4.98 Å². The minimum Gasteiger partial charge on any atom is -0.473 e. The number of ether oxygens (including phenoxy) is 1. The van der Waals surface area contributed by atoms with Gasteiger partial charge in [0, 0.05) is 44.2 Å². The van der Waals surface area contributed by atoms with Crippen LogP contribution in [0.4, 0.5) is 10.1 Å². The number of hydrogen-bond donors (Lipinski definition) is 0. The van der Waals surface area contributed by atoms with Gasteiger partial charge in [-0.1, -0.05) is 12.1 Å². The largest absolute Gasteiger partial charge is 0.473 e. The number of benzene rings is 1. The number of carbonyl (C=O) groups excluding carboxylic acids is 1. The van der Waals surface area contributed by atoms with E-state index in [1.54, 1.807) is 35.4 Å². The molecule has 0 spiro atoms. The van der Waals surface area contributed by atoms with E-state index in [4.69, 9.17) is 4.74 Å². The van der Waals surface area contributed by atoms with E-state index in [-0.39, 0.29) is 17.8 Å². The van der Waals surface area contributed by atoms with Crippen LogP contribution < -0.4 is 9.64 Å². The van der Waals surface area contributed by atoms with E-state index in [1.807, 2.05) is 22.7 Å². The van der Waals surface area contributed by atoms with Crippen molar-refractivity contribution < 1.29 is 13.9 Å². The molecule has 1 atom stereocenters. The van der Waals surface area contributed by atoms with Crippen molar-refractivity contribution in [1.29, 1.82) is 0 Å². The predicted molar refractivity (Wildman–Crippen MR) is 105 cm³/mol. The first-order valence-corrected chi connectivity index (χ1v) is 10.4. The highest BCUT2D eigenvalue weighted by molar-refractivity contribution is 7.99. The van der Waals surface area contributed by atoms with Crippen molar-refractivity contribution in [3.05, 3.63) is 54.0 Å². The van der Waals surface area contributed by atoms with Gasteiger partial charge in [0.2, 0.25) is 5.88 Å². The Kier molecular flexibility index (Phi) is 5.48. The van der Waals surface area contributed by atoms with Gasteiger partial charge in [0.05, 0.1) is 11.3 Å². The maximum atomic E-state index is 13.9. The average molecular weight is 387 g/mol. The number of pyridine rings is 1. The van der Waals surface area contributed by atoms with Crippen LogP contribution >= 0.6 is 11.8 Å². The lowest BCUT2D eigenvalue weighted by atomic mass is 10.2. The van der Waals surface area contributed by atoms with Crippen molar-refractivity contribution in [2.45, 2.75) is 12.5 Å². The summed E-state index contributed by atoms with van der Waals surface area (Å²) in [5.74, 6) is 2.43. The highest BCUT2D eigenvalue weighted by Crippen LogP contribution is 2.23. The molecule has 3 heterocycles. The smallest absolute Gasteiger partial charge is 0.255 e. The molecule has 2 saturated heterocycles. The second kappa shape index (κ2) is 8.17. The summed E-state index contributed by atoms with van der Waals surface area (Å²) in [7, 11) is 0. The number of thioether (sulfide) groups is 1. The first-order valence-electron chi connectivity index (χ1n) is 9.20. The van der Waals surface area contributed by atoms with Gasteiger partial charge in [0.25, 0.3) is 5.91 Å². The van der Waals surface area contributed by atoms with Crippen molar-refractivity contribution in [2.24, 2.45) is 0 Å². The Labute approximate surface area is 162 Å². The Morgan fingerprint density at radius 3 is 2.63 bits per heavy atom. The summed E-state index contributed by atoms with van der Waals surface area (Å²) < 4.78 is 19.8. The summed E-state index contributed by atoms with van der Waals surface area (Å²) in [6.45, 7) is 2.34. The molecule has 2 aliphatic heterocycles. The molecule has 2 fully saturated rings. The van der Waals surface area contributed by atoms with Gasteiger partial charge < -0.3 is 14.5 Å². The fraction of sp³-hybridized carbons (Fsp3) is 0.400. The van der Waals surface area contributed by atoms with Gasteiger partial charge >= 0.3 is 0 Å². The molecule has 7 heteroatoms. The predicted octanol–water partition coefficient (Wildman–Crippen LogP) is 3.07. The topological polar surface area (TPSA) is 45.7 Å². The Balaban J connectivity index is 1.34. The first-order chi connectivity index (χ1) is 13.2. The fourth-order valence-electron chi connectivity index (χ4n) is 3.39. The van der Waals surface area contributed by atoms with Gasteiger partial charge in [-0.25, -0.2) is 9.37 Å². The monoisotopic (exact) mass is 387 g/mol. The van der Waals surface area contributed by atoms with E-state index >= 15 is 0 Å². The van der Waals surface area contributed by atoms with Crippen LogP contribution in [-0.4, -0.2) is 59.6 Å². The van der Waals surface area contributed by atoms with E-state index in [0.717, 1.165) is 17.9 Å². The summed E-state index contributed by atoms with van der Waals surface area (Å²) in [6.07, 6.45) is 2.85. The molecule has 27 heavy (non-hydrogen) atoms. The Hall–Kier alpha value is -2.28. The number of aromatic nitrogens is 1. The van der Waals surface area contributed by atoms with Crippen molar-refractivity contribution >= 4 is 23.4 Å². The summed E-state index contributed by atoms with van der Waals surface area (Å²) in [4.78, 5) is 20.8. The van der Waals surface area contributed by atoms with Crippen LogP contribution in [0, 0.1) is 5.82 Å². The second-order valence-electron chi connectivity index (χ2n) is 6.72. The Bertz CT molecular complexity index is 788. The van der Waals surface area contributed by atoms with Gasteiger partial charge in [-0.15, -0.1) is 0 Å². The van der Waals surface area contributed by atoms with Crippen molar-refractivity contribution in [2.75, 3.05) is 42.6 Å². The first kappa shape index (κ1) is 18.1. The van der Waals surface area contributed by atoms with Crippen molar-refractivity contribution in [3.63, 3.8) is 0 Å². The molecule has 4 rings (SSSR count). The molecule has 142 valence electrons. The van der Waals surface area contributed by atoms with Gasteiger partial charge in [-0.2, -0.15) is 11.8 Å². The number of halogens is 1. The van der Waals surface area contributed by atoms with Gasteiger partial charge in [0.15, 0.2) is 0 Å². The molecule has 0 aliphatic carbocycles. The van der Waals surface area contributed by atoms with Gasteiger partial charge in [0.1, 0.15) is 11.9 Å². The molecule has 2 aromatic rings. The molecule has 1 aromatic heterocycles. The number of para-hydroxylation sites is 1. The lowest BCUT2D eigenvalue weighted by Crippen LogP contribution is -2.49. The molecule has 1 amide bonds. The van der Waals surface area contributed by atoms with Crippen LogP contribution in [0.5, 0.6) is 5.88 Å². The average Bonchev–Trinajstić information content (AvgIpc) is 3.22. The van der Waals surface area contributed by atoms with Gasteiger partial charge in [-0.05, 0) is 30.4 Å². The van der Waals surface area contributed by atoms with E-state index in [9.17, 15) is 9.18 Å². The quantitative estimate of drug-likeness (QED) is 0.807. The highest BCUT2D eigenvalue weighted by Gasteiger charge is 2.24. The number of amides is 1. The van der Waals surface area contributed by atoms with Crippen LogP contribution in [0.25, 0.3) is 0 Å². The lowest BCUT2D eigenvalue weighted by Gasteiger charge is -2.36. The summed E-state index contributed by atoms with van der Waals surface area (Å²) in [6, 6.07) is 10.3. The second-order valence-corrected chi connectivity index (χ2v) is 7.87. The molecular formula is C20H22FN3O2S. The highest BCUT2D eigenvalue weighted by atomic mass is 32.2. The summed E-state index contributed by atoms with van der Waals surface area (Å²) in [5, 5.41) is 0. The van der Waals surface area contributed by atoms with Crippen LogP contribution in [-0.2, 0) is 0 Å². The number of rotatable bonds is 4. The number of nitrogens with zero attached hydrogens (tertiary/aromatic N) is 3. The van der Waals surface area contributed by atoms with Crippen molar-refractivity contribution in [3.8, 4) is 5.88 Å². The molecule has 1 unspecified atom stereocenters. The van der Waals surface area contributed by atoms with E-state index < -0.39 is 0 Å². The zero-order chi connectivity index (χ0) is 18.6. The van der Waals surface area contributed by atoms with Crippen LogP contribution in [0.3, 0.4) is 0 Å². The summed E-state index contributed by atoms with van der Waals surface area (Å²) in [5.41, 5.74) is 1.15. The minimum absolute atomic E-state index is 0.0429. The molecular weight excluding hydrogens is 365 g/mol. The standard InChI is InChI=1S/C20H22FN3O2S/c21-17-3-1-2-4-18(17)23-8-10-24(11-9-23)20(25)15-5-6-19(22-13-15)26-16-7-12-27-14-16/h1-6,13,16H,7-12,14H2. The number of hydrogen-bond acceptors (Lipinski definition) is 5. The molecule has 5 nitrogen and oxygen atoms in total. The fourth-order valence-corrected chi connectivity index (χ4v) is 4.49.